The Morgan fingerprint density at radius 2 is 1.73 bits per heavy atom. The zero-order valence-corrected chi connectivity index (χ0v) is 9.27. The Labute approximate surface area is 91.6 Å². The van der Waals surface area contributed by atoms with Gasteiger partial charge in [0.05, 0.1) is 0 Å². The largest absolute Gasteiger partial charge is 0.0779 e. The molecule has 0 aromatic heterocycles. The van der Waals surface area contributed by atoms with Crippen LogP contribution in [0.2, 0.25) is 0 Å². The van der Waals surface area contributed by atoms with Gasteiger partial charge >= 0.3 is 0 Å². The predicted molar refractivity (Wildman–Crippen MR) is 66.6 cm³/mol. The Bertz CT molecular complexity index is 416. The Hall–Kier alpha value is -1.56. The monoisotopic (exact) mass is 196 g/mol. The van der Waals surface area contributed by atoms with Crippen LogP contribution in [0.5, 0.6) is 0 Å². The highest BCUT2D eigenvalue weighted by Crippen LogP contribution is 2.20. The Morgan fingerprint density at radius 3 is 2.47 bits per heavy atom. The molecule has 0 radical (unpaired) electrons. The maximum absolute atomic E-state index is 2.23. The van der Waals surface area contributed by atoms with E-state index in [1.165, 1.54) is 16.7 Å². The van der Waals surface area contributed by atoms with Crippen LogP contribution in [0.3, 0.4) is 0 Å². The zero-order chi connectivity index (χ0) is 10.7. The van der Waals surface area contributed by atoms with Crippen molar-refractivity contribution in [3.63, 3.8) is 0 Å². The van der Waals surface area contributed by atoms with Crippen LogP contribution in [0.1, 0.15) is 18.1 Å². The third kappa shape index (κ3) is 2.47. The van der Waals surface area contributed by atoms with Gasteiger partial charge in [0.2, 0.25) is 0 Å². The van der Waals surface area contributed by atoms with Crippen molar-refractivity contribution in [1.82, 2.24) is 0 Å². The molecule has 0 saturated carbocycles. The van der Waals surface area contributed by atoms with Gasteiger partial charge in [-0.25, -0.2) is 0 Å². The molecule has 0 spiro atoms. The maximum atomic E-state index is 2.23. The summed E-state index contributed by atoms with van der Waals surface area (Å²) in [4.78, 5) is 0. The third-order valence-corrected chi connectivity index (χ3v) is 2.65. The molecule has 0 fully saturated rings. The van der Waals surface area contributed by atoms with Crippen LogP contribution >= 0.6 is 0 Å². The molecular formula is C15H16. The molecule has 0 aliphatic heterocycles. The summed E-state index contributed by atoms with van der Waals surface area (Å²) in [6.07, 6.45) is 11.0. The predicted octanol–water partition coefficient (Wildman–Crippen LogP) is 4.14. The van der Waals surface area contributed by atoms with Crippen molar-refractivity contribution in [3.8, 4) is 0 Å². The first-order valence-electron chi connectivity index (χ1n) is 5.39. The molecule has 0 nitrogen and oxygen atoms in total. The van der Waals surface area contributed by atoms with E-state index in [-0.39, 0.29) is 0 Å². The van der Waals surface area contributed by atoms with E-state index in [0.717, 1.165) is 0 Å². The average Bonchev–Trinajstić information content (AvgIpc) is 2.44. The second kappa shape index (κ2) is 4.31. The molecule has 1 aromatic carbocycles. The van der Waals surface area contributed by atoms with Gasteiger partial charge < -0.3 is 0 Å². The van der Waals surface area contributed by atoms with Gasteiger partial charge in [0.1, 0.15) is 0 Å². The van der Waals surface area contributed by atoms with E-state index >= 15 is 0 Å². The first-order chi connectivity index (χ1) is 7.25. The maximum Gasteiger partial charge on any atom is -0.00754 e. The summed E-state index contributed by atoms with van der Waals surface area (Å²) in [6, 6.07) is 8.66. The van der Waals surface area contributed by atoms with Crippen molar-refractivity contribution in [2.24, 2.45) is 5.92 Å². The molecule has 1 aliphatic rings. The molecule has 0 N–H and O–H groups in total. The molecule has 15 heavy (non-hydrogen) atoms. The van der Waals surface area contributed by atoms with Crippen molar-refractivity contribution in [3.05, 3.63) is 65.8 Å². The summed E-state index contributed by atoms with van der Waals surface area (Å²) in [5.41, 5.74) is 3.88. The Kier molecular flexibility index (Phi) is 2.86. The van der Waals surface area contributed by atoms with E-state index in [1.54, 1.807) is 0 Å². The second-order valence-corrected chi connectivity index (χ2v) is 4.09. The Balaban J connectivity index is 2.32. The summed E-state index contributed by atoms with van der Waals surface area (Å²) >= 11 is 0. The normalized spacial score (nSPS) is 19.9. The van der Waals surface area contributed by atoms with E-state index in [2.05, 4.69) is 68.5 Å². The van der Waals surface area contributed by atoms with Gasteiger partial charge in [0, 0.05) is 0 Å². The molecular weight excluding hydrogens is 180 g/mol. The van der Waals surface area contributed by atoms with Gasteiger partial charge in [-0.15, -0.1) is 0 Å². The molecule has 1 atom stereocenters. The van der Waals surface area contributed by atoms with Crippen LogP contribution in [0.25, 0.3) is 5.57 Å². The lowest BCUT2D eigenvalue weighted by molar-refractivity contribution is 0.943. The fraction of sp³-hybridized carbons (Fsp3) is 0.200. The molecule has 0 amide bonds. The second-order valence-electron chi connectivity index (χ2n) is 4.09. The van der Waals surface area contributed by atoms with Gasteiger partial charge in [0.15, 0.2) is 0 Å². The molecule has 1 unspecified atom stereocenters. The molecule has 0 heterocycles. The van der Waals surface area contributed by atoms with E-state index in [0.29, 0.717) is 5.92 Å². The molecule has 76 valence electrons. The van der Waals surface area contributed by atoms with Crippen molar-refractivity contribution >= 4 is 5.57 Å². The van der Waals surface area contributed by atoms with E-state index in [4.69, 9.17) is 0 Å². The van der Waals surface area contributed by atoms with Crippen LogP contribution < -0.4 is 0 Å². The fourth-order valence-corrected chi connectivity index (χ4v) is 1.65. The molecule has 2 rings (SSSR count). The van der Waals surface area contributed by atoms with Gasteiger partial charge in [0.25, 0.3) is 0 Å². The first-order valence-corrected chi connectivity index (χ1v) is 5.39. The SMILES string of the molecule is Cc1ccc(C2=CC=CC(C)C=C2)cc1. The van der Waals surface area contributed by atoms with Gasteiger partial charge in [-0.1, -0.05) is 67.1 Å². The minimum Gasteiger partial charge on any atom is -0.0779 e. The highest BCUT2D eigenvalue weighted by atomic mass is 14.0. The topological polar surface area (TPSA) is 0 Å². The van der Waals surface area contributed by atoms with E-state index < -0.39 is 0 Å². The van der Waals surface area contributed by atoms with Crippen molar-refractivity contribution < 1.29 is 0 Å². The highest BCUT2D eigenvalue weighted by Gasteiger charge is 2.00. The number of hydrogen-bond donors (Lipinski definition) is 0. The summed E-state index contributed by atoms with van der Waals surface area (Å²) in [7, 11) is 0. The third-order valence-electron chi connectivity index (χ3n) is 2.65. The zero-order valence-electron chi connectivity index (χ0n) is 9.27. The van der Waals surface area contributed by atoms with Gasteiger partial charge in [-0.2, -0.15) is 0 Å². The summed E-state index contributed by atoms with van der Waals surface area (Å²) in [6.45, 7) is 4.31. The number of hydrogen-bond acceptors (Lipinski definition) is 0. The molecule has 0 heteroatoms. The summed E-state index contributed by atoms with van der Waals surface area (Å²) in [5.74, 6) is 0.532. The van der Waals surface area contributed by atoms with Crippen LogP contribution in [-0.4, -0.2) is 0 Å². The Morgan fingerprint density at radius 1 is 1.00 bits per heavy atom. The number of benzene rings is 1. The summed E-state index contributed by atoms with van der Waals surface area (Å²) in [5, 5.41) is 0. The van der Waals surface area contributed by atoms with Crippen molar-refractivity contribution in [1.29, 1.82) is 0 Å². The van der Waals surface area contributed by atoms with Crippen LogP contribution in [0, 0.1) is 12.8 Å². The highest BCUT2D eigenvalue weighted by molar-refractivity contribution is 5.75. The lowest BCUT2D eigenvalue weighted by Gasteiger charge is -2.02. The average molecular weight is 196 g/mol. The first kappa shape index (κ1) is 9.97. The molecule has 1 aliphatic carbocycles. The number of aryl methyl sites for hydroxylation is 1. The standard InChI is InChI=1S/C15H16/c1-12-4-3-5-14(9-6-12)15-10-7-13(2)8-11-15/h3-12H,1-2H3. The van der Waals surface area contributed by atoms with Gasteiger partial charge in [-0.3, -0.25) is 0 Å². The lowest BCUT2D eigenvalue weighted by atomic mass is 10.0. The molecule has 0 saturated heterocycles. The van der Waals surface area contributed by atoms with Crippen LogP contribution in [-0.2, 0) is 0 Å². The van der Waals surface area contributed by atoms with Crippen molar-refractivity contribution in [2.45, 2.75) is 13.8 Å². The number of allylic oxidation sites excluding steroid dienone is 6. The number of rotatable bonds is 1. The van der Waals surface area contributed by atoms with Gasteiger partial charge in [-0.05, 0) is 24.0 Å². The van der Waals surface area contributed by atoms with E-state index in [9.17, 15) is 0 Å². The summed E-state index contributed by atoms with van der Waals surface area (Å²) < 4.78 is 0. The van der Waals surface area contributed by atoms with Crippen molar-refractivity contribution in [2.75, 3.05) is 0 Å². The smallest absolute Gasteiger partial charge is 0.00754 e. The minimum absolute atomic E-state index is 0.532. The van der Waals surface area contributed by atoms with Crippen LogP contribution in [0.4, 0.5) is 0 Å². The van der Waals surface area contributed by atoms with Crippen LogP contribution in [0.15, 0.2) is 54.6 Å². The molecule has 0 bridgehead atoms. The lowest BCUT2D eigenvalue weighted by Crippen LogP contribution is -1.82. The van der Waals surface area contributed by atoms with E-state index in [1.807, 2.05) is 0 Å². The fourth-order valence-electron chi connectivity index (χ4n) is 1.65. The minimum atomic E-state index is 0.532. The molecule has 1 aromatic rings. The quantitative estimate of drug-likeness (QED) is 0.633.